The lowest BCUT2D eigenvalue weighted by Gasteiger charge is -2.25. The van der Waals surface area contributed by atoms with Gasteiger partial charge in [0.05, 0.1) is 11.7 Å². The van der Waals surface area contributed by atoms with Crippen LogP contribution in [0.4, 0.5) is 0 Å². The molecule has 27 heavy (non-hydrogen) atoms. The van der Waals surface area contributed by atoms with Gasteiger partial charge in [0.2, 0.25) is 5.91 Å². The zero-order valence-electron chi connectivity index (χ0n) is 16.2. The molecule has 3 aromatic rings. The molecule has 1 aliphatic rings. The largest absolute Gasteiger partial charge is 0.361 e. The third-order valence-corrected chi connectivity index (χ3v) is 5.57. The van der Waals surface area contributed by atoms with E-state index in [9.17, 15) is 4.79 Å². The molecule has 1 amide bonds. The van der Waals surface area contributed by atoms with Crippen LogP contribution < -0.4 is 0 Å². The highest BCUT2D eigenvalue weighted by Crippen LogP contribution is 2.36. The fraction of sp³-hybridized carbons (Fsp3) is 0.526. The van der Waals surface area contributed by atoms with Crippen molar-refractivity contribution in [3.8, 4) is 0 Å². The zero-order valence-corrected chi connectivity index (χ0v) is 16.2. The second-order valence-electron chi connectivity index (χ2n) is 7.22. The average Bonchev–Trinajstić information content (AvgIpc) is 3.35. The average molecular weight is 368 g/mol. The van der Waals surface area contributed by atoms with Gasteiger partial charge in [0, 0.05) is 29.9 Å². The van der Waals surface area contributed by atoms with E-state index >= 15 is 0 Å². The molecule has 1 fully saturated rings. The van der Waals surface area contributed by atoms with Crippen molar-refractivity contribution in [1.82, 2.24) is 29.6 Å². The molecule has 0 spiro atoms. The van der Waals surface area contributed by atoms with Crippen molar-refractivity contribution in [2.45, 2.75) is 59.4 Å². The van der Waals surface area contributed by atoms with Crippen molar-refractivity contribution < 1.29 is 9.32 Å². The number of aromatic nitrogens is 5. The van der Waals surface area contributed by atoms with Gasteiger partial charge in [0.15, 0.2) is 0 Å². The molecule has 142 valence electrons. The molecule has 1 saturated heterocycles. The minimum absolute atomic E-state index is 0.0712. The molecule has 0 radical (unpaired) electrons. The Morgan fingerprint density at radius 1 is 1.26 bits per heavy atom. The highest BCUT2D eigenvalue weighted by molar-refractivity contribution is 5.77. The second-order valence-corrected chi connectivity index (χ2v) is 7.22. The van der Waals surface area contributed by atoms with Gasteiger partial charge in [-0.3, -0.25) is 4.79 Å². The van der Waals surface area contributed by atoms with Crippen molar-refractivity contribution in [3.05, 3.63) is 40.3 Å². The van der Waals surface area contributed by atoms with Crippen LogP contribution >= 0.6 is 0 Å². The van der Waals surface area contributed by atoms with Crippen LogP contribution in [-0.2, 0) is 11.2 Å². The van der Waals surface area contributed by atoms with Crippen molar-refractivity contribution in [1.29, 1.82) is 0 Å². The van der Waals surface area contributed by atoms with Gasteiger partial charge in [-0.2, -0.15) is 10.1 Å². The molecule has 4 rings (SSSR count). The summed E-state index contributed by atoms with van der Waals surface area (Å²) in [5.74, 6) is 1.57. The van der Waals surface area contributed by atoms with E-state index in [2.05, 4.69) is 20.2 Å². The van der Waals surface area contributed by atoms with Crippen molar-refractivity contribution >= 4 is 11.7 Å². The van der Waals surface area contributed by atoms with Gasteiger partial charge in [-0.1, -0.05) is 5.16 Å². The van der Waals surface area contributed by atoms with Crippen LogP contribution in [0.3, 0.4) is 0 Å². The lowest BCUT2D eigenvalue weighted by atomic mass is 10.0. The number of carbonyl (C=O) groups excluding carboxylic acids is 1. The maximum atomic E-state index is 13.0. The summed E-state index contributed by atoms with van der Waals surface area (Å²) in [6.07, 6.45) is 4.56. The predicted molar refractivity (Wildman–Crippen MR) is 98.2 cm³/mol. The van der Waals surface area contributed by atoms with Gasteiger partial charge in [0.25, 0.3) is 5.78 Å². The number of fused-ring (bicyclic) bond motifs is 1. The molecule has 0 aromatic carbocycles. The molecule has 0 N–H and O–H groups in total. The molecule has 8 nitrogen and oxygen atoms in total. The Hall–Kier alpha value is -2.77. The summed E-state index contributed by atoms with van der Waals surface area (Å²) >= 11 is 0. The normalized spacial score (nSPS) is 17.2. The van der Waals surface area contributed by atoms with E-state index in [1.54, 1.807) is 4.52 Å². The number of likely N-dealkylation sites (tertiary alicyclic amines) is 1. The molecule has 8 heteroatoms. The van der Waals surface area contributed by atoms with Crippen molar-refractivity contribution in [2.24, 2.45) is 0 Å². The Morgan fingerprint density at radius 3 is 2.81 bits per heavy atom. The number of carbonyl (C=O) groups is 1. The summed E-state index contributed by atoms with van der Waals surface area (Å²) in [6.45, 7) is 8.61. The predicted octanol–water partition coefficient (Wildman–Crippen LogP) is 2.64. The van der Waals surface area contributed by atoms with E-state index in [-0.39, 0.29) is 11.9 Å². The van der Waals surface area contributed by atoms with Gasteiger partial charge in [-0.05, 0) is 52.5 Å². The molecule has 0 unspecified atom stereocenters. The molecule has 3 aromatic heterocycles. The molecule has 4 heterocycles. The van der Waals surface area contributed by atoms with Gasteiger partial charge < -0.3 is 9.42 Å². The first kappa shape index (κ1) is 17.6. The molecule has 0 aliphatic carbocycles. The van der Waals surface area contributed by atoms with Crippen LogP contribution in [-0.4, -0.2) is 42.1 Å². The van der Waals surface area contributed by atoms with Crippen LogP contribution in [0.5, 0.6) is 0 Å². The Balaban J connectivity index is 1.53. The molecule has 0 saturated carbocycles. The van der Waals surface area contributed by atoms with Crippen molar-refractivity contribution in [2.75, 3.05) is 6.54 Å². The second kappa shape index (κ2) is 6.75. The first-order valence-electron chi connectivity index (χ1n) is 9.35. The summed E-state index contributed by atoms with van der Waals surface area (Å²) < 4.78 is 7.05. The van der Waals surface area contributed by atoms with Crippen LogP contribution in [0.25, 0.3) is 5.78 Å². The maximum absolute atomic E-state index is 13.0. The zero-order chi connectivity index (χ0) is 19.1. The number of aryl methyl sites for hydroxylation is 4. The third kappa shape index (κ3) is 2.98. The Kier molecular flexibility index (Phi) is 4.41. The third-order valence-electron chi connectivity index (χ3n) is 5.57. The molecule has 1 aliphatic heterocycles. The molecular weight excluding hydrogens is 344 g/mol. The number of rotatable bonds is 4. The number of amides is 1. The number of hydrogen-bond acceptors (Lipinski definition) is 6. The highest BCUT2D eigenvalue weighted by Gasteiger charge is 2.33. The SMILES string of the molecule is Cc1nc2ncnn2c(C)c1CCC(=O)N1CCC[C@@H]1c1c(C)noc1C. The standard InChI is InChI=1S/C19H24N6O2/c1-11-15(13(3)25-19(22-11)20-10-21-25)7-8-17(26)24-9-5-6-16(24)18-12(2)23-27-14(18)4/h10,16H,5-9H2,1-4H3/t16-/m1/s1. The molecule has 1 atom stereocenters. The van der Waals surface area contributed by atoms with Gasteiger partial charge in [0.1, 0.15) is 12.1 Å². The minimum atomic E-state index is 0.0712. The summed E-state index contributed by atoms with van der Waals surface area (Å²) in [5.41, 5.74) is 4.91. The lowest BCUT2D eigenvalue weighted by molar-refractivity contribution is -0.132. The minimum Gasteiger partial charge on any atom is -0.361 e. The van der Waals surface area contributed by atoms with E-state index in [1.807, 2.05) is 32.6 Å². The summed E-state index contributed by atoms with van der Waals surface area (Å²) in [7, 11) is 0. The van der Waals surface area contributed by atoms with Crippen LogP contribution in [0, 0.1) is 27.7 Å². The molecular formula is C19H24N6O2. The van der Waals surface area contributed by atoms with Gasteiger partial charge >= 0.3 is 0 Å². The van der Waals surface area contributed by atoms with Gasteiger partial charge in [-0.15, -0.1) is 0 Å². The first-order valence-corrected chi connectivity index (χ1v) is 9.35. The highest BCUT2D eigenvalue weighted by atomic mass is 16.5. The fourth-order valence-electron chi connectivity index (χ4n) is 4.22. The number of nitrogens with zero attached hydrogens (tertiary/aromatic N) is 6. The monoisotopic (exact) mass is 368 g/mol. The van der Waals surface area contributed by atoms with E-state index in [4.69, 9.17) is 4.52 Å². The summed E-state index contributed by atoms with van der Waals surface area (Å²) in [5, 5.41) is 8.28. The molecule has 0 bridgehead atoms. The Bertz CT molecular complexity index is 986. The topological polar surface area (TPSA) is 89.4 Å². The summed E-state index contributed by atoms with van der Waals surface area (Å²) in [4.78, 5) is 23.6. The maximum Gasteiger partial charge on any atom is 0.252 e. The van der Waals surface area contributed by atoms with Crippen molar-refractivity contribution in [3.63, 3.8) is 0 Å². The van der Waals surface area contributed by atoms with Crippen LogP contribution in [0.15, 0.2) is 10.9 Å². The first-order chi connectivity index (χ1) is 13.0. The lowest BCUT2D eigenvalue weighted by Crippen LogP contribution is -2.31. The van der Waals surface area contributed by atoms with Crippen LogP contribution in [0.2, 0.25) is 0 Å². The van der Waals surface area contributed by atoms with E-state index in [0.29, 0.717) is 18.6 Å². The van der Waals surface area contributed by atoms with E-state index < -0.39 is 0 Å². The Morgan fingerprint density at radius 2 is 2.07 bits per heavy atom. The van der Waals surface area contributed by atoms with Crippen LogP contribution in [0.1, 0.15) is 59.3 Å². The number of hydrogen-bond donors (Lipinski definition) is 0. The Labute approximate surface area is 157 Å². The summed E-state index contributed by atoms with van der Waals surface area (Å²) in [6, 6.07) is 0.0712. The fourth-order valence-corrected chi connectivity index (χ4v) is 4.22. The quantitative estimate of drug-likeness (QED) is 0.703. The van der Waals surface area contributed by atoms with Gasteiger partial charge in [-0.25, -0.2) is 9.50 Å². The smallest absolute Gasteiger partial charge is 0.252 e. The van der Waals surface area contributed by atoms with E-state index in [0.717, 1.165) is 53.4 Å². The van der Waals surface area contributed by atoms with E-state index in [1.165, 1.54) is 6.33 Å².